The first-order valence-electron chi connectivity index (χ1n) is 15.0. The number of amides is 1. The van der Waals surface area contributed by atoms with Crippen LogP contribution < -0.4 is 15.0 Å². The predicted molar refractivity (Wildman–Crippen MR) is 170 cm³/mol. The summed E-state index contributed by atoms with van der Waals surface area (Å²) in [6.45, 7) is 8.94. The van der Waals surface area contributed by atoms with Crippen molar-refractivity contribution in [2.24, 2.45) is 7.05 Å². The molecule has 2 aliphatic rings. The van der Waals surface area contributed by atoms with Crippen molar-refractivity contribution in [1.82, 2.24) is 29.4 Å². The van der Waals surface area contributed by atoms with Gasteiger partial charge in [-0.05, 0) is 88.6 Å². The van der Waals surface area contributed by atoms with Crippen LogP contribution in [0.15, 0.2) is 61.2 Å². The van der Waals surface area contributed by atoms with Gasteiger partial charge in [0.1, 0.15) is 34.8 Å². The standard InChI is InChI=1S/C33H36N8O3/c1-20-14-21(6-12-28(20)43-24-9-11-27-26(15-24)36-19-39(27)5)37-31-30-25(34-18-35-31)10-13-29(38-30)41-22-7-8-23(41)17-40(16-22)32(42)44-33(2,3)4/h6,9-15,18-19,22-23H,7-8,16-17H2,1-5H3,(H,34,35,37). The predicted octanol–water partition coefficient (Wildman–Crippen LogP) is 6.34. The molecule has 1 N–H and O–H groups in total. The molecule has 0 saturated carbocycles. The fraction of sp³-hybridized carbons (Fsp3) is 0.364. The van der Waals surface area contributed by atoms with Gasteiger partial charge in [0.15, 0.2) is 5.82 Å². The van der Waals surface area contributed by atoms with E-state index in [4.69, 9.17) is 14.5 Å². The lowest BCUT2D eigenvalue weighted by molar-refractivity contribution is 0.0209. The molecule has 0 spiro atoms. The molecule has 2 fully saturated rings. The van der Waals surface area contributed by atoms with Gasteiger partial charge in [0, 0.05) is 44.0 Å². The minimum absolute atomic E-state index is 0.181. The number of hydrogen-bond acceptors (Lipinski definition) is 9. The molecule has 3 aromatic heterocycles. The van der Waals surface area contributed by atoms with E-state index in [2.05, 4.69) is 25.2 Å². The number of fused-ring (bicyclic) bond motifs is 4. The third-order valence-corrected chi connectivity index (χ3v) is 8.23. The molecule has 0 aliphatic carbocycles. The maximum absolute atomic E-state index is 12.8. The number of nitrogens with zero attached hydrogens (tertiary/aromatic N) is 7. The van der Waals surface area contributed by atoms with Gasteiger partial charge in [-0.25, -0.2) is 24.7 Å². The summed E-state index contributed by atoms with van der Waals surface area (Å²) in [5, 5.41) is 3.45. The number of nitrogens with one attached hydrogen (secondary N) is 1. The van der Waals surface area contributed by atoms with E-state index in [1.165, 1.54) is 0 Å². The number of piperazine rings is 1. The van der Waals surface area contributed by atoms with Gasteiger partial charge >= 0.3 is 6.09 Å². The van der Waals surface area contributed by atoms with Crippen molar-refractivity contribution in [3.05, 3.63) is 66.7 Å². The Morgan fingerprint density at radius 1 is 0.955 bits per heavy atom. The molecule has 2 saturated heterocycles. The first-order chi connectivity index (χ1) is 21.1. The van der Waals surface area contributed by atoms with Crippen molar-refractivity contribution in [3.8, 4) is 11.5 Å². The number of aromatic nitrogens is 5. The van der Waals surface area contributed by atoms with E-state index in [1.807, 2.05) is 92.7 Å². The fourth-order valence-electron chi connectivity index (χ4n) is 6.20. The van der Waals surface area contributed by atoms with Crippen LogP contribution in [0.5, 0.6) is 11.5 Å². The van der Waals surface area contributed by atoms with Crippen molar-refractivity contribution in [3.63, 3.8) is 0 Å². The molecule has 226 valence electrons. The van der Waals surface area contributed by atoms with E-state index >= 15 is 0 Å². The molecule has 1 amide bonds. The Morgan fingerprint density at radius 2 is 1.75 bits per heavy atom. The number of carbonyl (C=O) groups is 1. The van der Waals surface area contributed by atoms with Gasteiger partial charge in [-0.15, -0.1) is 0 Å². The second-order valence-electron chi connectivity index (χ2n) is 12.7. The van der Waals surface area contributed by atoms with Crippen LogP contribution in [0.25, 0.3) is 22.1 Å². The Kier molecular flexibility index (Phi) is 6.75. The molecule has 11 nitrogen and oxygen atoms in total. The molecular formula is C33H36N8O3. The molecule has 7 rings (SSSR count). The Bertz CT molecular complexity index is 1870. The normalized spacial score (nSPS) is 18.2. The number of hydrogen-bond donors (Lipinski definition) is 1. The van der Waals surface area contributed by atoms with Crippen LogP contribution >= 0.6 is 0 Å². The summed E-state index contributed by atoms with van der Waals surface area (Å²) in [6, 6.07) is 16.2. The van der Waals surface area contributed by atoms with Crippen molar-refractivity contribution in [1.29, 1.82) is 0 Å². The van der Waals surface area contributed by atoms with Crippen molar-refractivity contribution in [2.45, 2.75) is 58.2 Å². The van der Waals surface area contributed by atoms with Crippen LogP contribution in [-0.2, 0) is 11.8 Å². The minimum atomic E-state index is -0.516. The SMILES string of the molecule is Cc1cc(Nc2ncnc3ccc(N4C5CCC4CN(C(=O)OC(C)(C)C)C5)nc23)ccc1Oc1ccc2c(c1)ncn2C. The van der Waals surface area contributed by atoms with E-state index in [1.54, 1.807) is 12.7 Å². The number of imidazole rings is 1. The minimum Gasteiger partial charge on any atom is -0.457 e. The third-order valence-electron chi connectivity index (χ3n) is 8.23. The lowest BCUT2D eigenvalue weighted by Gasteiger charge is -2.42. The highest BCUT2D eigenvalue weighted by Crippen LogP contribution is 2.36. The number of anilines is 3. The van der Waals surface area contributed by atoms with E-state index in [9.17, 15) is 4.79 Å². The lowest BCUT2D eigenvalue weighted by atomic mass is 10.1. The van der Waals surface area contributed by atoms with E-state index in [-0.39, 0.29) is 18.2 Å². The van der Waals surface area contributed by atoms with E-state index in [0.29, 0.717) is 24.4 Å². The largest absolute Gasteiger partial charge is 0.457 e. The number of rotatable bonds is 5. The summed E-state index contributed by atoms with van der Waals surface area (Å²) in [6.07, 6.45) is 5.10. The average Bonchev–Trinajstić information content (AvgIpc) is 3.48. The zero-order valence-corrected chi connectivity index (χ0v) is 25.6. The molecule has 5 aromatic rings. The topological polar surface area (TPSA) is 111 Å². The molecule has 2 atom stereocenters. The summed E-state index contributed by atoms with van der Waals surface area (Å²) >= 11 is 0. The highest BCUT2D eigenvalue weighted by molar-refractivity contribution is 5.88. The number of pyridine rings is 1. The van der Waals surface area contributed by atoms with Gasteiger partial charge in [0.2, 0.25) is 0 Å². The number of likely N-dealkylation sites (tertiary alicyclic amines) is 1. The van der Waals surface area contributed by atoms with Crippen molar-refractivity contribution >= 4 is 45.5 Å². The molecule has 2 aliphatic heterocycles. The fourth-order valence-corrected chi connectivity index (χ4v) is 6.20. The van der Waals surface area contributed by atoms with Gasteiger partial charge in [-0.2, -0.15) is 0 Å². The van der Waals surface area contributed by atoms with E-state index in [0.717, 1.165) is 58.0 Å². The van der Waals surface area contributed by atoms with Gasteiger partial charge in [-0.3, -0.25) is 0 Å². The Morgan fingerprint density at radius 3 is 2.50 bits per heavy atom. The van der Waals surface area contributed by atoms with Gasteiger partial charge in [-0.1, -0.05) is 0 Å². The second-order valence-corrected chi connectivity index (χ2v) is 12.7. The third kappa shape index (κ3) is 5.34. The summed E-state index contributed by atoms with van der Waals surface area (Å²) < 4.78 is 13.8. The van der Waals surface area contributed by atoms with Gasteiger partial charge < -0.3 is 29.2 Å². The smallest absolute Gasteiger partial charge is 0.410 e. The summed E-state index contributed by atoms with van der Waals surface area (Å²) in [5.74, 6) is 3.00. The first-order valence-corrected chi connectivity index (χ1v) is 15.0. The van der Waals surface area contributed by atoms with Crippen molar-refractivity contribution in [2.75, 3.05) is 23.3 Å². The zero-order chi connectivity index (χ0) is 30.6. The van der Waals surface area contributed by atoms with Crippen LogP contribution in [0.2, 0.25) is 0 Å². The van der Waals surface area contributed by atoms with Crippen LogP contribution in [0.1, 0.15) is 39.2 Å². The van der Waals surface area contributed by atoms with Crippen LogP contribution in [0.4, 0.5) is 22.1 Å². The molecule has 2 bridgehead atoms. The number of benzene rings is 2. The number of aryl methyl sites for hydroxylation is 2. The van der Waals surface area contributed by atoms with Crippen LogP contribution in [0, 0.1) is 6.92 Å². The molecular weight excluding hydrogens is 556 g/mol. The molecule has 2 unspecified atom stereocenters. The Balaban J connectivity index is 1.10. The highest BCUT2D eigenvalue weighted by atomic mass is 16.6. The zero-order valence-electron chi connectivity index (χ0n) is 25.6. The lowest BCUT2D eigenvalue weighted by Crippen LogP contribution is -2.56. The Hall–Kier alpha value is -4.93. The Labute approximate surface area is 255 Å². The molecule has 5 heterocycles. The summed E-state index contributed by atoms with van der Waals surface area (Å²) in [5.41, 5.74) is 4.72. The molecule has 2 aromatic carbocycles. The molecule has 44 heavy (non-hydrogen) atoms. The quantitative estimate of drug-likeness (QED) is 0.250. The second kappa shape index (κ2) is 10.7. The number of ether oxygens (including phenoxy) is 2. The average molecular weight is 593 g/mol. The maximum atomic E-state index is 12.8. The maximum Gasteiger partial charge on any atom is 0.410 e. The van der Waals surface area contributed by atoms with Gasteiger partial charge in [0.25, 0.3) is 0 Å². The van der Waals surface area contributed by atoms with Crippen LogP contribution in [-0.4, -0.2) is 66.3 Å². The van der Waals surface area contributed by atoms with Crippen LogP contribution in [0.3, 0.4) is 0 Å². The van der Waals surface area contributed by atoms with Crippen molar-refractivity contribution < 1.29 is 14.3 Å². The number of carbonyl (C=O) groups excluding carboxylic acids is 1. The summed E-state index contributed by atoms with van der Waals surface area (Å²) in [7, 11) is 1.97. The summed E-state index contributed by atoms with van der Waals surface area (Å²) in [4.78, 5) is 35.5. The highest BCUT2D eigenvalue weighted by Gasteiger charge is 2.43. The monoisotopic (exact) mass is 592 g/mol. The molecule has 0 radical (unpaired) electrons. The first kappa shape index (κ1) is 27.9. The van der Waals surface area contributed by atoms with E-state index < -0.39 is 5.60 Å². The molecule has 11 heteroatoms. The van der Waals surface area contributed by atoms with Gasteiger partial charge in [0.05, 0.1) is 22.9 Å².